The zero-order valence-corrected chi connectivity index (χ0v) is 16.1. The zero-order valence-electron chi connectivity index (χ0n) is 16.1. The Kier molecular flexibility index (Phi) is 24.3. The molecular formula is C17H37NO8. The minimum absolute atomic E-state index is 0.0365. The highest BCUT2D eigenvalue weighted by Gasteiger charge is 1.94. The quantitative estimate of drug-likeness (QED) is 0.222. The lowest BCUT2D eigenvalue weighted by Gasteiger charge is -2.08. The van der Waals surface area contributed by atoms with Crippen molar-refractivity contribution in [3.8, 4) is 0 Å². The third-order valence-electron chi connectivity index (χ3n) is 2.96. The first kappa shape index (κ1) is 25.6. The van der Waals surface area contributed by atoms with Crippen molar-refractivity contribution in [1.29, 1.82) is 0 Å². The maximum atomic E-state index is 8.51. The lowest BCUT2D eigenvalue weighted by Crippen LogP contribution is -2.17. The SMILES string of the molecule is CNCCOCCOCCOCCOCCOCCOCCOCCO. The molecule has 0 fully saturated rings. The molecule has 9 heteroatoms. The van der Waals surface area contributed by atoms with Gasteiger partial charge < -0.3 is 43.6 Å². The average molecular weight is 383 g/mol. The number of likely N-dealkylation sites (N-methyl/N-ethyl adjacent to an activating group) is 1. The molecule has 0 aliphatic heterocycles. The lowest BCUT2D eigenvalue weighted by molar-refractivity contribution is -0.0213. The first-order chi connectivity index (χ1) is 12.9. The summed E-state index contributed by atoms with van der Waals surface area (Å²) in [7, 11) is 1.89. The molecule has 158 valence electrons. The van der Waals surface area contributed by atoms with Gasteiger partial charge in [-0.3, -0.25) is 0 Å². The molecule has 0 amide bonds. The molecule has 0 spiro atoms. The summed E-state index contributed by atoms with van der Waals surface area (Å²) < 4.78 is 37.2. The van der Waals surface area contributed by atoms with Gasteiger partial charge in [-0.1, -0.05) is 0 Å². The molecule has 0 aromatic rings. The van der Waals surface area contributed by atoms with Crippen LogP contribution >= 0.6 is 0 Å². The Hall–Kier alpha value is -0.360. The van der Waals surface area contributed by atoms with E-state index in [9.17, 15) is 0 Å². The van der Waals surface area contributed by atoms with E-state index in [0.29, 0.717) is 92.5 Å². The minimum Gasteiger partial charge on any atom is -0.394 e. The zero-order chi connectivity index (χ0) is 19.0. The topological polar surface area (TPSA) is 96.9 Å². The summed E-state index contributed by atoms with van der Waals surface area (Å²) in [6.07, 6.45) is 0. The van der Waals surface area contributed by atoms with E-state index >= 15 is 0 Å². The summed E-state index contributed by atoms with van der Waals surface area (Å²) >= 11 is 0. The second-order valence-corrected chi connectivity index (χ2v) is 5.11. The fraction of sp³-hybridized carbons (Fsp3) is 1.00. The summed E-state index contributed by atoms with van der Waals surface area (Å²) in [6, 6.07) is 0. The molecule has 0 saturated heterocycles. The number of nitrogens with one attached hydrogen (secondary N) is 1. The molecule has 0 unspecified atom stereocenters. The number of aliphatic hydroxyl groups is 1. The highest BCUT2D eigenvalue weighted by Crippen LogP contribution is 1.85. The third-order valence-corrected chi connectivity index (χ3v) is 2.96. The van der Waals surface area contributed by atoms with Gasteiger partial charge in [-0.15, -0.1) is 0 Å². The predicted octanol–water partition coefficient (Wildman–Crippen LogP) is -0.686. The molecule has 9 nitrogen and oxygen atoms in total. The van der Waals surface area contributed by atoms with Crippen LogP contribution in [-0.2, 0) is 33.2 Å². The maximum absolute atomic E-state index is 8.51. The van der Waals surface area contributed by atoms with E-state index in [1.807, 2.05) is 7.05 Å². The van der Waals surface area contributed by atoms with E-state index in [-0.39, 0.29) is 6.61 Å². The molecule has 0 aromatic heterocycles. The number of ether oxygens (including phenoxy) is 7. The summed E-state index contributed by atoms with van der Waals surface area (Å²) in [6.45, 7) is 8.40. The minimum atomic E-state index is 0.0365. The third kappa shape index (κ3) is 23.6. The Labute approximate surface area is 157 Å². The van der Waals surface area contributed by atoms with Crippen molar-refractivity contribution in [3.05, 3.63) is 0 Å². The highest BCUT2D eigenvalue weighted by atomic mass is 16.6. The van der Waals surface area contributed by atoms with Crippen molar-refractivity contribution in [2.45, 2.75) is 0 Å². The first-order valence-electron chi connectivity index (χ1n) is 9.21. The molecule has 0 aliphatic carbocycles. The van der Waals surface area contributed by atoms with Crippen LogP contribution in [0, 0.1) is 0 Å². The van der Waals surface area contributed by atoms with Crippen molar-refractivity contribution in [2.24, 2.45) is 0 Å². The second kappa shape index (κ2) is 24.6. The van der Waals surface area contributed by atoms with Crippen molar-refractivity contribution < 1.29 is 38.3 Å². The van der Waals surface area contributed by atoms with Crippen LogP contribution in [0.1, 0.15) is 0 Å². The number of aliphatic hydroxyl groups excluding tert-OH is 1. The molecule has 0 aliphatic rings. The number of hydrogen-bond acceptors (Lipinski definition) is 9. The van der Waals surface area contributed by atoms with Crippen LogP contribution in [-0.4, -0.2) is 118 Å². The van der Waals surface area contributed by atoms with Gasteiger partial charge >= 0.3 is 0 Å². The lowest BCUT2D eigenvalue weighted by atomic mass is 10.6. The Morgan fingerprint density at radius 2 is 0.731 bits per heavy atom. The van der Waals surface area contributed by atoms with E-state index in [1.165, 1.54) is 0 Å². The van der Waals surface area contributed by atoms with E-state index < -0.39 is 0 Å². The van der Waals surface area contributed by atoms with Gasteiger partial charge in [0, 0.05) is 6.54 Å². The Balaban J connectivity index is 2.95. The second-order valence-electron chi connectivity index (χ2n) is 5.11. The summed E-state index contributed by atoms with van der Waals surface area (Å²) in [5.41, 5.74) is 0. The Morgan fingerprint density at radius 3 is 1.00 bits per heavy atom. The fourth-order valence-electron chi connectivity index (χ4n) is 1.66. The molecule has 0 radical (unpaired) electrons. The maximum Gasteiger partial charge on any atom is 0.0701 e. The van der Waals surface area contributed by atoms with Gasteiger partial charge in [-0.25, -0.2) is 0 Å². The van der Waals surface area contributed by atoms with Gasteiger partial charge in [0.05, 0.1) is 99.1 Å². The number of hydrogen-bond donors (Lipinski definition) is 2. The summed E-state index contributed by atoms with van der Waals surface area (Å²) in [4.78, 5) is 0. The van der Waals surface area contributed by atoms with Crippen molar-refractivity contribution in [2.75, 3.05) is 113 Å². The molecule has 0 rings (SSSR count). The molecule has 26 heavy (non-hydrogen) atoms. The average Bonchev–Trinajstić information content (AvgIpc) is 2.66. The van der Waals surface area contributed by atoms with Gasteiger partial charge in [-0.2, -0.15) is 0 Å². The van der Waals surface area contributed by atoms with Gasteiger partial charge in [0.25, 0.3) is 0 Å². The van der Waals surface area contributed by atoms with Crippen LogP contribution in [0.3, 0.4) is 0 Å². The van der Waals surface area contributed by atoms with E-state index in [0.717, 1.165) is 6.54 Å². The Bertz CT molecular complexity index is 225. The van der Waals surface area contributed by atoms with Crippen LogP contribution in [0.25, 0.3) is 0 Å². The smallest absolute Gasteiger partial charge is 0.0701 e. The van der Waals surface area contributed by atoms with Crippen LogP contribution in [0.4, 0.5) is 0 Å². The van der Waals surface area contributed by atoms with Crippen molar-refractivity contribution in [3.63, 3.8) is 0 Å². The fourth-order valence-corrected chi connectivity index (χ4v) is 1.66. The van der Waals surface area contributed by atoms with E-state index in [2.05, 4.69) is 5.32 Å². The van der Waals surface area contributed by atoms with Crippen LogP contribution in [0.2, 0.25) is 0 Å². The van der Waals surface area contributed by atoms with E-state index in [1.54, 1.807) is 0 Å². The van der Waals surface area contributed by atoms with Crippen molar-refractivity contribution in [1.82, 2.24) is 5.32 Å². The standard InChI is InChI=1S/C17H37NO8/c1-18-2-4-20-6-8-22-10-12-24-14-16-26-17-15-25-13-11-23-9-7-21-5-3-19/h18-19H,2-17H2,1H3. The molecule has 2 N–H and O–H groups in total. The van der Waals surface area contributed by atoms with E-state index in [4.69, 9.17) is 38.3 Å². The molecular weight excluding hydrogens is 346 g/mol. The highest BCUT2D eigenvalue weighted by molar-refractivity contribution is 4.38. The van der Waals surface area contributed by atoms with Crippen molar-refractivity contribution >= 4 is 0 Å². The van der Waals surface area contributed by atoms with Gasteiger partial charge in [-0.05, 0) is 7.05 Å². The molecule has 0 atom stereocenters. The van der Waals surface area contributed by atoms with Gasteiger partial charge in [0.15, 0.2) is 0 Å². The molecule has 0 heterocycles. The predicted molar refractivity (Wildman–Crippen MR) is 96.7 cm³/mol. The molecule has 0 saturated carbocycles. The Morgan fingerprint density at radius 1 is 0.462 bits per heavy atom. The normalized spacial score (nSPS) is 11.3. The van der Waals surface area contributed by atoms with Crippen LogP contribution in [0.5, 0.6) is 0 Å². The molecule has 0 bridgehead atoms. The summed E-state index contributed by atoms with van der Waals surface area (Å²) in [5, 5.41) is 11.5. The monoisotopic (exact) mass is 383 g/mol. The first-order valence-corrected chi connectivity index (χ1v) is 9.21. The van der Waals surface area contributed by atoms with Gasteiger partial charge in [0.1, 0.15) is 0 Å². The largest absolute Gasteiger partial charge is 0.394 e. The van der Waals surface area contributed by atoms with Gasteiger partial charge in [0.2, 0.25) is 0 Å². The van der Waals surface area contributed by atoms with Crippen LogP contribution in [0.15, 0.2) is 0 Å². The molecule has 0 aromatic carbocycles. The van der Waals surface area contributed by atoms with Crippen LogP contribution < -0.4 is 5.32 Å². The summed E-state index contributed by atoms with van der Waals surface area (Å²) in [5.74, 6) is 0. The number of rotatable bonds is 23.